The van der Waals surface area contributed by atoms with Crippen molar-refractivity contribution in [2.24, 2.45) is 5.92 Å². The number of ether oxygens (including phenoxy) is 1. The van der Waals surface area contributed by atoms with Gasteiger partial charge in [-0.05, 0) is 56.5 Å². The Morgan fingerprint density at radius 2 is 2.21 bits per heavy atom. The maximum absolute atomic E-state index is 12.5. The fourth-order valence-electron chi connectivity index (χ4n) is 2.64. The van der Waals surface area contributed by atoms with Crippen molar-refractivity contribution in [3.63, 3.8) is 0 Å². The molecule has 0 radical (unpaired) electrons. The van der Waals surface area contributed by atoms with E-state index in [1.54, 1.807) is 0 Å². The first kappa shape index (κ1) is 21.2. The molecule has 136 valence electrons. The van der Waals surface area contributed by atoms with E-state index in [1.165, 1.54) is 25.3 Å². The lowest BCUT2D eigenvalue weighted by atomic mass is 9.96. The Morgan fingerprint density at radius 1 is 1.46 bits per heavy atom. The molecule has 2 rings (SSSR count). The van der Waals surface area contributed by atoms with Crippen LogP contribution in [0.1, 0.15) is 29.6 Å². The zero-order valence-corrected chi connectivity index (χ0v) is 15.8. The third-order valence-electron chi connectivity index (χ3n) is 3.88. The first-order valence-corrected chi connectivity index (χ1v) is 9.38. The minimum Gasteiger partial charge on any atom is -0.465 e. The monoisotopic (exact) mass is 396 g/mol. The maximum Gasteiger partial charge on any atom is 0.339 e. The molecule has 1 aromatic rings. The highest BCUT2D eigenvalue weighted by molar-refractivity contribution is 7.89. The van der Waals surface area contributed by atoms with E-state index in [0.717, 1.165) is 32.4 Å². The number of halogens is 2. The van der Waals surface area contributed by atoms with E-state index in [4.69, 9.17) is 11.6 Å². The van der Waals surface area contributed by atoms with Crippen LogP contribution in [0.5, 0.6) is 0 Å². The molecule has 1 aliphatic heterocycles. The lowest BCUT2D eigenvalue weighted by Gasteiger charge is -2.22. The first-order chi connectivity index (χ1) is 10.9. The van der Waals surface area contributed by atoms with Crippen molar-refractivity contribution in [3.8, 4) is 0 Å². The third-order valence-corrected chi connectivity index (χ3v) is 5.62. The highest BCUT2D eigenvalue weighted by Gasteiger charge is 2.24. The zero-order valence-electron chi connectivity index (χ0n) is 13.4. The van der Waals surface area contributed by atoms with Gasteiger partial charge in [-0.2, -0.15) is 0 Å². The number of esters is 1. The van der Waals surface area contributed by atoms with Gasteiger partial charge in [-0.25, -0.2) is 17.9 Å². The quantitative estimate of drug-likeness (QED) is 0.720. The average molecular weight is 397 g/mol. The van der Waals surface area contributed by atoms with Crippen LogP contribution in [0.2, 0.25) is 5.02 Å². The lowest BCUT2D eigenvalue weighted by molar-refractivity contribution is 0.0596. The summed E-state index contributed by atoms with van der Waals surface area (Å²) in [4.78, 5) is 11.6. The largest absolute Gasteiger partial charge is 0.465 e. The maximum atomic E-state index is 12.5. The number of benzene rings is 1. The molecule has 6 nitrogen and oxygen atoms in total. The summed E-state index contributed by atoms with van der Waals surface area (Å²) < 4.78 is 32.1. The van der Waals surface area contributed by atoms with Gasteiger partial charge >= 0.3 is 5.97 Å². The third kappa shape index (κ3) is 5.60. The highest BCUT2D eigenvalue weighted by Crippen LogP contribution is 2.22. The molecule has 0 saturated carbocycles. The molecule has 0 aliphatic carbocycles. The van der Waals surface area contributed by atoms with Crippen molar-refractivity contribution < 1.29 is 17.9 Å². The van der Waals surface area contributed by atoms with Crippen LogP contribution in [0, 0.1) is 5.92 Å². The van der Waals surface area contributed by atoms with Gasteiger partial charge in [0.05, 0.1) is 17.6 Å². The Hall–Kier alpha value is -0.860. The van der Waals surface area contributed by atoms with Crippen LogP contribution in [-0.4, -0.2) is 41.1 Å². The van der Waals surface area contributed by atoms with Crippen molar-refractivity contribution in [2.75, 3.05) is 26.7 Å². The van der Waals surface area contributed by atoms with Crippen LogP contribution in [0.15, 0.2) is 23.1 Å². The molecule has 1 saturated heterocycles. The number of piperidine rings is 1. The summed E-state index contributed by atoms with van der Waals surface area (Å²) >= 11 is 5.87. The van der Waals surface area contributed by atoms with Crippen LogP contribution in [0.4, 0.5) is 0 Å². The lowest BCUT2D eigenvalue weighted by Crippen LogP contribution is -2.33. The molecule has 1 aromatic carbocycles. The number of sulfonamides is 1. The number of rotatable bonds is 6. The van der Waals surface area contributed by atoms with Crippen molar-refractivity contribution in [1.82, 2.24) is 10.0 Å². The number of nitrogens with one attached hydrogen (secondary N) is 2. The number of carbonyl (C=O) groups is 1. The SMILES string of the molecule is COC(=O)c1ccc(Cl)cc1S(=O)(=O)NCCC1CCCNC1.Cl. The summed E-state index contributed by atoms with van der Waals surface area (Å²) in [7, 11) is -2.62. The molecule has 0 amide bonds. The zero-order chi connectivity index (χ0) is 16.9. The second kappa shape index (κ2) is 9.58. The van der Waals surface area contributed by atoms with Crippen LogP contribution in [0.3, 0.4) is 0 Å². The Balaban J connectivity index is 0.00000288. The Bertz CT molecular complexity index is 661. The fourth-order valence-corrected chi connectivity index (χ4v) is 4.14. The van der Waals surface area contributed by atoms with Gasteiger partial charge in [-0.3, -0.25) is 0 Å². The smallest absolute Gasteiger partial charge is 0.339 e. The number of methoxy groups -OCH3 is 1. The van der Waals surface area contributed by atoms with Gasteiger partial charge in [0.25, 0.3) is 0 Å². The van der Waals surface area contributed by atoms with E-state index >= 15 is 0 Å². The van der Waals surface area contributed by atoms with E-state index in [0.29, 0.717) is 12.5 Å². The predicted octanol–water partition coefficient (Wildman–Crippen LogP) is 2.22. The van der Waals surface area contributed by atoms with Crippen molar-refractivity contribution in [2.45, 2.75) is 24.2 Å². The summed E-state index contributed by atoms with van der Waals surface area (Å²) in [5, 5.41) is 3.54. The van der Waals surface area contributed by atoms with Crippen LogP contribution < -0.4 is 10.0 Å². The number of carbonyl (C=O) groups excluding carboxylic acids is 1. The standard InChI is InChI=1S/C15H21ClN2O4S.ClH/c1-22-15(19)13-5-4-12(16)9-14(13)23(20,21)18-8-6-11-3-2-7-17-10-11;/h4-5,9,11,17-18H,2-3,6-8,10H2,1H3;1H. The average Bonchev–Trinajstić information content (AvgIpc) is 2.55. The Morgan fingerprint density at radius 3 is 2.83 bits per heavy atom. The second-order valence-corrected chi connectivity index (χ2v) is 7.70. The topological polar surface area (TPSA) is 84.5 Å². The second-order valence-electron chi connectivity index (χ2n) is 5.53. The molecule has 1 fully saturated rings. The van der Waals surface area contributed by atoms with Crippen molar-refractivity contribution in [1.29, 1.82) is 0 Å². The summed E-state index contributed by atoms with van der Waals surface area (Å²) in [6.45, 7) is 2.25. The summed E-state index contributed by atoms with van der Waals surface area (Å²) in [5.41, 5.74) is -0.0243. The van der Waals surface area contributed by atoms with Crippen molar-refractivity contribution >= 4 is 40.0 Å². The normalized spacial score (nSPS) is 17.8. The molecular formula is C15H22Cl2N2O4S. The molecule has 9 heteroatoms. The minimum atomic E-state index is -3.83. The predicted molar refractivity (Wildman–Crippen MR) is 95.4 cm³/mol. The van der Waals surface area contributed by atoms with E-state index in [2.05, 4.69) is 14.8 Å². The van der Waals surface area contributed by atoms with Gasteiger partial charge < -0.3 is 10.1 Å². The summed E-state index contributed by atoms with van der Waals surface area (Å²) in [6, 6.07) is 4.08. The Labute approximate surface area is 153 Å². The minimum absolute atomic E-state index is 0. The number of hydrogen-bond donors (Lipinski definition) is 2. The van der Waals surface area contributed by atoms with Crippen molar-refractivity contribution in [3.05, 3.63) is 28.8 Å². The summed E-state index contributed by atoms with van der Waals surface area (Å²) in [6.07, 6.45) is 2.96. The van der Waals surface area contributed by atoms with E-state index in [1.807, 2.05) is 0 Å². The van der Waals surface area contributed by atoms with Gasteiger partial charge in [0.15, 0.2) is 0 Å². The molecule has 24 heavy (non-hydrogen) atoms. The molecular weight excluding hydrogens is 375 g/mol. The molecule has 1 atom stereocenters. The molecule has 1 aliphatic rings. The molecule has 2 N–H and O–H groups in total. The Kier molecular flexibility index (Phi) is 8.45. The van der Waals surface area contributed by atoms with Gasteiger partial charge in [0.2, 0.25) is 10.0 Å². The number of hydrogen-bond acceptors (Lipinski definition) is 5. The van der Waals surface area contributed by atoms with Gasteiger partial charge in [0.1, 0.15) is 0 Å². The van der Waals surface area contributed by atoms with E-state index in [9.17, 15) is 13.2 Å². The van der Waals surface area contributed by atoms with E-state index in [-0.39, 0.29) is 27.9 Å². The molecule has 0 spiro atoms. The van der Waals surface area contributed by atoms with Crippen LogP contribution >= 0.6 is 24.0 Å². The molecule has 0 bridgehead atoms. The van der Waals surface area contributed by atoms with Gasteiger partial charge in [-0.1, -0.05) is 11.6 Å². The molecule has 1 unspecified atom stereocenters. The summed E-state index contributed by atoms with van der Waals surface area (Å²) in [5.74, 6) is -0.246. The van der Waals surface area contributed by atoms with E-state index < -0.39 is 16.0 Å². The highest BCUT2D eigenvalue weighted by atomic mass is 35.5. The molecule has 0 aromatic heterocycles. The van der Waals surface area contributed by atoms with Crippen LogP contribution in [0.25, 0.3) is 0 Å². The van der Waals surface area contributed by atoms with Crippen LogP contribution in [-0.2, 0) is 14.8 Å². The first-order valence-electron chi connectivity index (χ1n) is 7.52. The van der Waals surface area contributed by atoms with Gasteiger partial charge in [0, 0.05) is 11.6 Å². The molecule has 1 heterocycles. The van der Waals surface area contributed by atoms with Gasteiger partial charge in [-0.15, -0.1) is 12.4 Å². The fraction of sp³-hybridized carbons (Fsp3) is 0.533.